The molecule has 6 nitrogen and oxygen atoms in total. The predicted molar refractivity (Wildman–Crippen MR) is 143 cm³/mol. The summed E-state index contributed by atoms with van der Waals surface area (Å²) < 4.78 is 2.79. The molecule has 1 saturated heterocycles. The smallest absolute Gasteiger partial charge is 0.171 e. The highest BCUT2D eigenvalue weighted by Gasteiger charge is 2.24. The SMILES string of the molecule is Brc1cnn2c(NCc3cccnc3)cc(C3CCCN(Cc4cccc5ccccc45)C3)nc12. The molecule has 0 spiro atoms. The molecule has 35 heavy (non-hydrogen) atoms. The number of nitrogens with zero attached hydrogens (tertiary/aromatic N) is 5. The van der Waals surface area contributed by atoms with Gasteiger partial charge in [-0.1, -0.05) is 48.5 Å². The van der Waals surface area contributed by atoms with Gasteiger partial charge >= 0.3 is 0 Å². The third-order valence-electron chi connectivity index (χ3n) is 6.84. The number of aromatic nitrogens is 4. The van der Waals surface area contributed by atoms with E-state index in [4.69, 9.17) is 4.98 Å². The first-order valence-corrected chi connectivity index (χ1v) is 12.9. The van der Waals surface area contributed by atoms with Crippen LogP contribution in [0.4, 0.5) is 5.82 Å². The third kappa shape index (κ3) is 4.66. The molecule has 0 saturated carbocycles. The Morgan fingerprint density at radius 3 is 2.86 bits per heavy atom. The van der Waals surface area contributed by atoms with E-state index < -0.39 is 0 Å². The van der Waals surface area contributed by atoms with Crippen molar-refractivity contribution in [3.8, 4) is 0 Å². The lowest BCUT2D eigenvalue weighted by Crippen LogP contribution is -2.34. The molecule has 2 aromatic carbocycles. The summed E-state index contributed by atoms with van der Waals surface area (Å²) in [7, 11) is 0. The fourth-order valence-corrected chi connectivity index (χ4v) is 5.45. The Morgan fingerprint density at radius 2 is 1.94 bits per heavy atom. The van der Waals surface area contributed by atoms with Crippen molar-refractivity contribution in [1.29, 1.82) is 0 Å². The van der Waals surface area contributed by atoms with Gasteiger partial charge in [-0.3, -0.25) is 9.88 Å². The molecule has 1 aliphatic heterocycles. The van der Waals surface area contributed by atoms with Gasteiger partial charge in [0.25, 0.3) is 0 Å². The maximum absolute atomic E-state index is 5.04. The minimum absolute atomic E-state index is 0.379. The standard InChI is InChI=1S/C28H27BrN6/c29-25-17-32-35-27(31-16-20-6-4-12-30-15-20)14-26(33-28(25)35)23-10-5-13-34(19-23)18-22-9-3-8-21-7-1-2-11-24(21)22/h1-4,6-9,11-12,14-15,17,23,31H,5,10,13,16,18-19H2. The number of piperidine rings is 1. The molecule has 1 fully saturated rings. The Balaban J connectivity index is 1.26. The minimum atomic E-state index is 0.379. The zero-order chi connectivity index (χ0) is 23.6. The molecule has 1 atom stereocenters. The summed E-state index contributed by atoms with van der Waals surface area (Å²) in [5.41, 5.74) is 4.49. The molecule has 6 rings (SSSR count). The summed E-state index contributed by atoms with van der Waals surface area (Å²) in [5.74, 6) is 1.33. The molecule has 5 aromatic rings. The Kier molecular flexibility index (Phi) is 6.19. The van der Waals surface area contributed by atoms with E-state index in [2.05, 4.69) is 90.8 Å². The van der Waals surface area contributed by atoms with Gasteiger partial charge in [-0.2, -0.15) is 9.61 Å². The molecule has 3 aromatic heterocycles. The zero-order valence-electron chi connectivity index (χ0n) is 19.4. The van der Waals surface area contributed by atoms with Crippen LogP contribution >= 0.6 is 15.9 Å². The lowest BCUT2D eigenvalue weighted by atomic mass is 9.93. The molecule has 1 unspecified atom stereocenters. The van der Waals surface area contributed by atoms with Crippen LogP contribution in [-0.2, 0) is 13.1 Å². The van der Waals surface area contributed by atoms with E-state index in [9.17, 15) is 0 Å². The van der Waals surface area contributed by atoms with Crippen molar-refractivity contribution in [1.82, 2.24) is 24.5 Å². The highest BCUT2D eigenvalue weighted by molar-refractivity contribution is 9.10. The van der Waals surface area contributed by atoms with Crippen LogP contribution in [0.25, 0.3) is 16.4 Å². The minimum Gasteiger partial charge on any atom is -0.366 e. The Bertz CT molecular complexity index is 1460. The molecule has 0 radical (unpaired) electrons. The van der Waals surface area contributed by atoms with Crippen molar-refractivity contribution in [3.05, 3.63) is 101 Å². The number of halogens is 1. The number of rotatable bonds is 6. The summed E-state index contributed by atoms with van der Waals surface area (Å²) in [6.07, 6.45) is 7.81. The fraction of sp³-hybridized carbons (Fsp3) is 0.250. The number of fused-ring (bicyclic) bond motifs is 2. The summed E-state index contributed by atoms with van der Waals surface area (Å²) in [5, 5.41) is 10.7. The van der Waals surface area contributed by atoms with Gasteiger partial charge < -0.3 is 5.32 Å². The van der Waals surface area contributed by atoms with E-state index in [0.29, 0.717) is 12.5 Å². The number of anilines is 1. The van der Waals surface area contributed by atoms with Gasteiger partial charge in [-0.25, -0.2) is 4.98 Å². The van der Waals surface area contributed by atoms with Gasteiger partial charge in [0.1, 0.15) is 5.82 Å². The van der Waals surface area contributed by atoms with Gasteiger partial charge in [0.15, 0.2) is 5.65 Å². The summed E-state index contributed by atoms with van der Waals surface area (Å²) in [6.45, 7) is 3.76. The molecule has 176 valence electrons. The largest absolute Gasteiger partial charge is 0.366 e. The second-order valence-corrected chi connectivity index (χ2v) is 10.1. The van der Waals surface area contributed by atoms with Crippen molar-refractivity contribution in [3.63, 3.8) is 0 Å². The fourth-order valence-electron chi connectivity index (χ4n) is 5.10. The average Bonchev–Trinajstić information content (AvgIpc) is 3.29. The summed E-state index contributed by atoms with van der Waals surface area (Å²) >= 11 is 3.64. The van der Waals surface area contributed by atoms with Crippen LogP contribution in [0.2, 0.25) is 0 Å². The maximum atomic E-state index is 5.04. The Labute approximate surface area is 213 Å². The topological polar surface area (TPSA) is 58.4 Å². The van der Waals surface area contributed by atoms with E-state index in [1.807, 2.05) is 23.0 Å². The number of benzene rings is 2. The predicted octanol–water partition coefficient (Wildman–Crippen LogP) is 6.03. The van der Waals surface area contributed by atoms with Crippen LogP contribution < -0.4 is 5.32 Å². The van der Waals surface area contributed by atoms with Crippen LogP contribution in [0, 0.1) is 0 Å². The molecule has 7 heteroatoms. The molecular weight excluding hydrogens is 500 g/mol. The van der Waals surface area contributed by atoms with Crippen LogP contribution in [0.1, 0.15) is 35.6 Å². The first kappa shape index (κ1) is 22.2. The van der Waals surface area contributed by atoms with Crippen LogP contribution in [-0.4, -0.2) is 37.6 Å². The molecule has 0 aliphatic carbocycles. The lowest BCUT2D eigenvalue weighted by Gasteiger charge is -2.33. The zero-order valence-corrected chi connectivity index (χ0v) is 21.0. The highest BCUT2D eigenvalue weighted by Crippen LogP contribution is 2.31. The first-order valence-electron chi connectivity index (χ1n) is 12.1. The Hall–Kier alpha value is -3.29. The van der Waals surface area contributed by atoms with Crippen molar-refractivity contribution in [2.45, 2.75) is 31.8 Å². The molecule has 1 N–H and O–H groups in total. The average molecular weight is 527 g/mol. The van der Waals surface area contributed by atoms with E-state index in [1.165, 1.54) is 22.8 Å². The number of likely N-dealkylation sites (tertiary alicyclic amines) is 1. The van der Waals surface area contributed by atoms with Gasteiger partial charge in [-0.05, 0) is 63.3 Å². The lowest BCUT2D eigenvalue weighted by molar-refractivity contribution is 0.199. The maximum Gasteiger partial charge on any atom is 0.171 e. The van der Waals surface area contributed by atoms with Crippen LogP contribution in [0.3, 0.4) is 0 Å². The monoisotopic (exact) mass is 526 g/mol. The number of hydrogen-bond acceptors (Lipinski definition) is 5. The molecule has 1 aliphatic rings. The first-order chi connectivity index (χ1) is 17.2. The van der Waals surface area contributed by atoms with Crippen molar-refractivity contribution < 1.29 is 0 Å². The second-order valence-electron chi connectivity index (χ2n) is 9.22. The van der Waals surface area contributed by atoms with Crippen molar-refractivity contribution in [2.75, 3.05) is 18.4 Å². The number of pyridine rings is 1. The summed E-state index contributed by atoms with van der Waals surface area (Å²) in [6, 6.07) is 21.5. The van der Waals surface area contributed by atoms with E-state index in [-0.39, 0.29) is 0 Å². The molecule has 4 heterocycles. The Morgan fingerprint density at radius 1 is 1.03 bits per heavy atom. The van der Waals surface area contributed by atoms with Crippen LogP contribution in [0.15, 0.2) is 83.7 Å². The molecule has 0 bridgehead atoms. The van der Waals surface area contributed by atoms with Gasteiger partial charge in [0.2, 0.25) is 0 Å². The number of nitrogens with one attached hydrogen (secondary N) is 1. The van der Waals surface area contributed by atoms with E-state index in [0.717, 1.165) is 53.3 Å². The quantitative estimate of drug-likeness (QED) is 0.292. The van der Waals surface area contributed by atoms with Gasteiger partial charge in [0.05, 0.1) is 16.4 Å². The summed E-state index contributed by atoms with van der Waals surface area (Å²) in [4.78, 5) is 11.8. The van der Waals surface area contributed by atoms with E-state index >= 15 is 0 Å². The third-order valence-corrected chi connectivity index (χ3v) is 7.40. The normalized spacial score (nSPS) is 16.7. The number of hydrogen-bond donors (Lipinski definition) is 1. The molecule has 0 amide bonds. The van der Waals surface area contributed by atoms with Crippen LogP contribution in [0.5, 0.6) is 0 Å². The van der Waals surface area contributed by atoms with Gasteiger partial charge in [0, 0.05) is 44.0 Å². The van der Waals surface area contributed by atoms with Crippen molar-refractivity contribution in [2.24, 2.45) is 0 Å². The van der Waals surface area contributed by atoms with Gasteiger partial charge in [-0.15, -0.1) is 0 Å². The molecular formula is C28H27BrN6. The van der Waals surface area contributed by atoms with E-state index in [1.54, 1.807) is 6.20 Å². The highest BCUT2D eigenvalue weighted by atomic mass is 79.9. The van der Waals surface area contributed by atoms with Crippen molar-refractivity contribution >= 4 is 38.2 Å². The second kappa shape index (κ2) is 9.76.